The zero-order chi connectivity index (χ0) is 29.3. The molecule has 0 saturated carbocycles. The van der Waals surface area contributed by atoms with E-state index in [0.717, 1.165) is 49.1 Å². The van der Waals surface area contributed by atoms with Gasteiger partial charge in [0, 0.05) is 39.0 Å². The number of hydrogen-bond donors (Lipinski definition) is 0. The lowest BCUT2D eigenvalue weighted by molar-refractivity contribution is -0.384. The number of aromatic nitrogens is 1. The van der Waals surface area contributed by atoms with Crippen LogP contribution in [-0.4, -0.2) is 38.6 Å². The number of benzene rings is 2. The average molecular weight is 590 g/mol. The van der Waals surface area contributed by atoms with E-state index in [1.807, 2.05) is 44.2 Å². The topological polar surface area (TPSA) is 125 Å². The first kappa shape index (κ1) is 28.0. The van der Waals surface area contributed by atoms with Gasteiger partial charge in [0.1, 0.15) is 5.76 Å². The lowest BCUT2D eigenvalue weighted by Gasteiger charge is -2.11. The molecule has 1 saturated heterocycles. The number of carbonyl (C=O) groups is 3. The van der Waals surface area contributed by atoms with E-state index < -0.39 is 22.0 Å². The van der Waals surface area contributed by atoms with Crippen LogP contribution in [0, 0.1) is 24.0 Å². The van der Waals surface area contributed by atoms with Gasteiger partial charge in [-0.3, -0.25) is 24.6 Å². The Balaban J connectivity index is 1.31. The monoisotopic (exact) mass is 589 g/mol. The second-order valence-corrected chi connectivity index (χ2v) is 11.2. The third-order valence-corrected chi connectivity index (χ3v) is 8.29. The molecular weight excluding hydrogens is 566 g/mol. The number of amides is 2. The summed E-state index contributed by atoms with van der Waals surface area (Å²) in [6.45, 7) is 3.81. The summed E-state index contributed by atoms with van der Waals surface area (Å²) in [5.41, 5.74) is 3.65. The molecule has 2 aromatic heterocycles. The van der Waals surface area contributed by atoms with Gasteiger partial charge in [0.05, 0.1) is 23.5 Å². The Morgan fingerprint density at radius 1 is 1.05 bits per heavy atom. The number of nitrogens with zero attached hydrogens (tertiary/aromatic N) is 3. The van der Waals surface area contributed by atoms with E-state index in [9.17, 15) is 24.5 Å². The third-order valence-electron chi connectivity index (χ3n) is 6.37. The number of hydrogen-bond acceptors (Lipinski definition) is 9. The number of thioether (sulfide) groups is 1. The molecule has 0 N–H and O–H groups in total. The number of carbonyl (C=O) groups excluding carboxylic acids is 3. The minimum atomic E-state index is -0.640. The smallest absolute Gasteiger partial charge is 0.373 e. The number of non-ortho nitro benzene ring substituents is 1. The van der Waals surface area contributed by atoms with Crippen molar-refractivity contribution in [2.75, 3.05) is 7.11 Å². The molecule has 3 heterocycles. The third kappa shape index (κ3) is 5.83. The van der Waals surface area contributed by atoms with Gasteiger partial charge in [0.15, 0.2) is 0 Å². The summed E-state index contributed by atoms with van der Waals surface area (Å²) in [7, 11) is 1.24. The molecule has 0 radical (unpaired) electrons. The molecule has 41 heavy (non-hydrogen) atoms. The molecule has 208 valence electrons. The molecule has 5 rings (SSSR count). The fourth-order valence-electron chi connectivity index (χ4n) is 4.37. The first-order valence-electron chi connectivity index (χ1n) is 12.3. The highest BCUT2D eigenvalue weighted by Gasteiger charge is 2.36. The average Bonchev–Trinajstić information content (AvgIpc) is 3.62. The molecule has 12 heteroatoms. The number of nitro groups is 1. The molecule has 2 aromatic carbocycles. The van der Waals surface area contributed by atoms with Crippen LogP contribution in [0.15, 0.2) is 85.8 Å². The van der Waals surface area contributed by atoms with E-state index in [2.05, 4.69) is 9.30 Å². The van der Waals surface area contributed by atoms with Crippen molar-refractivity contribution in [2.45, 2.75) is 30.2 Å². The van der Waals surface area contributed by atoms with Gasteiger partial charge in [-0.2, -0.15) is 0 Å². The van der Waals surface area contributed by atoms with Crippen LogP contribution in [0.3, 0.4) is 0 Å². The van der Waals surface area contributed by atoms with Crippen LogP contribution in [0.25, 0.3) is 11.8 Å². The fraction of sp³-hybridized carbons (Fsp3) is 0.138. The van der Waals surface area contributed by atoms with Crippen LogP contribution >= 0.6 is 23.5 Å². The predicted molar refractivity (Wildman–Crippen MR) is 154 cm³/mol. The highest BCUT2D eigenvalue weighted by molar-refractivity contribution is 8.18. The molecule has 1 aliphatic rings. The number of esters is 1. The van der Waals surface area contributed by atoms with Gasteiger partial charge >= 0.3 is 5.97 Å². The lowest BCUT2D eigenvalue weighted by atomic mass is 10.2. The number of aryl methyl sites for hydroxylation is 1. The Bertz CT molecular complexity index is 1700. The Kier molecular flexibility index (Phi) is 7.86. The van der Waals surface area contributed by atoms with Crippen LogP contribution in [0.1, 0.15) is 33.3 Å². The van der Waals surface area contributed by atoms with Crippen LogP contribution in [-0.2, 0) is 16.1 Å². The van der Waals surface area contributed by atoms with Crippen molar-refractivity contribution in [3.05, 3.63) is 110 Å². The minimum absolute atomic E-state index is 0.00423. The van der Waals surface area contributed by atoms with Crippen molar-refractivity contribution in [1.82, 2.24) is 9.47 Å². The quantitative estimate of drug-likeness (QED) is 0.0947. The summed E-state index contributed by atoms with van der Waals surface area (Å²) in [6.07, 6.45) is 1.71. The van der Waals surface area contributed by atoms with Crippen LogP contribution < -0.4 is 0 Å². The van der Waals surface area contributed by atoms with E-state index in [0.29, 0.717) is 10.7 Å². The van der Waals surface area contributed by atoms with Gasteiger partial charge in [0.2, 0.25) is 5.76 Å². The number of nitro benzene ring substituents is 1. The van der Waals surface area contributed by atoms with Crippen molar-refractivity contribution < 1.29 is 28.5 Å². The van der Waals surface area contributed by atoms with Crippen molar-refractivity contribution in [3.8, 4) is 5.69 Å². The summed E-state index contributed by atoms with van der Waals surface area (Å²) in [4.78, 5) is 51.0. The van der Waals surface area contributed by atoms with Crippen molar-refractivity contribution in [3.63, 3.8) is 0 Å². The SMILES string of the molecule is COC(=O)c1ccc(CN2C(=O)S/C(=C/c3cc(C)n(-c4ccc(Sc5ccc([N+](=O)[O-])cc5)cc4)c3C)C2=O)o1. The van der Waals surface area contributed by atoms with Crippen LogP contribution in [0.4, 0.5) is 10.5 Å². The summed E-state index contributed by atoms with van der Waals surface area (Å²) in [5, 5.41) is 10.5. The lowest BCUT2D eigenvalue weighted by Crippen LogP contribution is -2.27. The molecule has 0 spiro atoms. The highest BCUT2D eigenvalue weighted by atomic mass is 32.2. The molecule has 1 aliphatic heterocycles. The molecule has 10 nitrogen and oxygen atoms in total. The minimum Gasteiger partial charge on any atom is -0.463 e. The van der Waals surface area contributed by atoms with Gasteiger partial charge < -0.3 is 13.7 Å². The maximum absolute atomic E-state index is 13.1. The Morgan fingerprint density at radius 2 is 1.71 bits per heavy atom. The zero-order valence-corrected chi connectivity index (χ0v) is 23.8. The van der Waals surface area contributed by atoms with Crippen LogP contribution in [0.5, 0.6) is 0 Å². The standard InChI is InChI=1S/C29H23N3O7S2/c1-17-14-19(15-26-27(33)30(29(35)41-26)16-22-8-13-25(39-22)28(34)38-3)18(2)31(17)20-4-9-23(10-5-20)40-24-11-6-21(7-12-24)32(36)37/h4-15H,16H2,1-3H3/b26-15+. The maximum Gasteiger partial charge on any atom is 0.373 e. The van der Waals surface area contributed by atoms with Crippen LogP contribution in [0.2, 0.25) is 0 Å². The number of rotatable bonds is 8. The number of furan rings is 1. The van der Waals surface area contributed by atoms with E-state index >= 15 is 0 Å². The van der Waals surface area contributed by atoms with Crippen molar-refractivity contribution in [2.24, 2.45) is 0 Å². The second-order valence-electron chi connectivity index (χ2n) is 9.03. The molecule has 2 amide bonds. The molecule has 0 bridgehead atoms. The normalized spacial score (nSPS) is 14.2. The summed E-state index contributed by atoms with van der Waals surface area (Å²) >= 11 is 2.36. The Morgan fingerprint density at radius 3 is 2.34 bits per heavy atom. The molecule has 4 aromatic rings. The number of ether oxygens (including phenoxy) is 1. The summed E-state index contributed by atoms with van der Waals surface area (Å²) in [5.74, 6) is -0.787. The van der Waals surface area contributed by atoms with Crippen molar-refractivity contribution in [1.29, 1.82) is 0 Å². The largest absolute Gasteiger partial charge is 0.463 e. The highest BCUT2D eigenvalue weighted by Crippen LogP contribution is 2.35. The first-order valence-corrected chi connectivity index (χ1v) is 13.9. The predicted octanol–water partition coefficient (Wildman–Crippen LogP) is 6.77. The van der Waals surface area contributed by atoms with Gasteiger partial charge in [-0.25, -0.2) is 4.79 Å². The number of methoxy groups -OCH3 is 1. The molecule has 0 aliphatic carbocycles. The fourth-order valence-corrected chi connectivity index (χ4v) is 6.02. The van der Waals surface area contributed by atoms with Gasteiger partial charge in [-0.15, -0.1) is 0 Å². The van der Waals surface area contributed by atoms with Crippen molar-refractivity contribution >= 4 is 52.4 Å². The van der Waals surface area contributed by atoms with E-state index in [4.69, 9.17) is 4.42 Å². The Labute approximate surface area is 243 Å². The second kappa shape index (κ2) is 11.5. The maximum atomic E-state index is 13.1. The summed E-state index contributed by atoms with van der Waals surface area (Å²) < 4.78 is 12.1. The Hall–Kier alpha value is -4.55. The molecule has 0 unspecified atom stereocenters. The van der Waals surface area contributed by atoms with Gasteiger partial charge in [0.25, 0.3) is 16.8 Å². The van der Waals surface area contributed by atoms with E-state index in [1.165, 1.54) is 43.1 Å². The van der Waals surface area contributed by atoms with E-state index in [1.54, 1.807) is 18.2 Å². The molecular formula is C29H23N3O7S2. The van der Waals surface area contributed by atoms with Gasteiger partial charge in [-0.1, -0.05) is 11.8 Å². The van der Waals surface area contributed by atoms with Gasteiger partial charge in [-0.05, 0) is 91.8 Å². The first-order chi connectivity index (χ1) is 19.6. The summed E-state index contributed by atoms with van der Waals surface area (Å²) in [6, 6.07) is 19.3. The molecule has 0 atom stereocenters. The number of imide groups is 1. The molecule has 1 fully saturated rings. The zero-order valence-electron chi connectivity index (χ0n) is 22.2. The van der Waals surface area contributed by atoms with E-state index in [-0.39, 0.29) is 18.0 Å².